The number of rotatable bonds is 7. The SMILES string of the molecule is CC(C)n1cnnc1-c1cccc(NC(=O)c2cc3c(cc2F)CCN(S(=O)(=O)NC2CC2)C3)n1. The monoisotopic (exact) mass is 499 g/mol. The van der Waals surface area contributed by atoms with E-state index in [2.05, 4.69) is 25.2 Å². The summed E-state index contributed by atoms with van der Waals surface area (Å²) in [5.74, 6) is -0.543. The summed E-state index contributed by atoms with van der Waals surface area (Å²) >= 11 is 0. The Balaban J connectivity index is 1.36. The van der Waals surface area contributed by atoms with E-state index in [1.807, 2.05) is 18.4 Å². The van der Waals surface area contributed by atoms with Crippen LogP contribution in [0.3, 0.4) is 0 Å². The first-order chi connectivity index (χ1) is 16.7. The first-order valence-electron chi connectivity index (χ1n) is 11.5. The summed E-state index contributed by atoms with van der Waals surface area (Å²) in [5, 5.41) is 10.7. The van der Waals surface area contributed by atoms with Crippen LogP contribution in [0.4, 0.5) is 10.2 Å². The molecule has 0 spiro atoms. The Hall–Kier alpha value is -3.22. The van der Waals surface area contributed by atoms with Gasteiger partial charge in [-0.05, 0) is 68.5 Å². The molecule has 1 aliphatic heterocycles. The zero-order valence-electron chi connectivity index (χ0n) is 19.4. The minimum absolute atomic E-state index is 0.00593. The van der Waals surface area contributed by atoms with Crippen LogP contribution in [0.1, 0.15) is 54.2 Å². The first kappa shape index (κ1) is 23.5. The molecule has 1 aliphatic carbocycles. The third kappa shape index (κ3) is 4.95. The van der Waals surface area contributed by atoms with Gasteiger partial charge in [0, 0.05) is 25.2 Å². The minimum Gasteiger partial charge on any atom is -0.310 e. The second kappa shape index (κ2) is 9.10. The Morgan fingerprint density at radius 3 is 2.74 bits per heavy atom. The molecule has 0 radical (unpaired) electrons. The average Bonchev–Trinajstić information content (AvgIpc) is 3.47. The zero-order valence-corrected chi connectivity index (χ0v) is 20.2. The van der Waals surface area contributed by atoms with E-state index < -0.39 is 21.9 Å². The number of amides is 1. The lowest BCUT2D eigenvalue weighted by Crippen LogP contribution is -2.44. The van der Waals surface area contributed by atoms with E-state index in [1.165, 1.54) is 16.4 Å². The van der Waals surface area contributed by atoms with Gasteiger partial charge in [-0.25, -0.2) is 9.37 Å². The largest absolute Gasteiger partial charge is 0.310 e. The predicted molar refractivity (Wildman–Crippen MR) is 127 cm³/mol. The number of aromatic nitrogens is 4. The van der Waals surface area contributed by atoms with Crippen molar-refractivity contribution in [3.63, 3.8) is 0 Å². The van der Waals surface area contributed by atoms with Gasteiger partial charge in [-0.3, -0.25) is 4.79 Å². The molecule has 3 aromatic rings. The molecule has 10 nitrogen and oxygen atoms in total. The maximum absolute atomic E-state index is 14.8. The summed E-state index contributed by atoms with van der Waals surface area (Å²) in [7, 11) is -3.62. The van der Waals surface area contributed by atoms with Crippen LogP contribution >= 0.6 is 0 Å². The van der Waals surface area contributed by atoms with Gasteiger partial charge in [0.2, 0.25) is 0 Å². The van der Waals surface area contributed by atoms with Gasteiger partial charge in [-0.2, -0.15) is 17.4 Å². The molecule has 1 aromatic carbocycles. The van der Waals surface area contributed by atoms with Gasteiger partial charge in [0.15, 0.2) is 5.82 Å². The van der Waals surface area contributed by atoms with Crippen molar-refractivity contribution >= 4 is 21.9 Å². The Labute approximate surface area is 202 Å². The van der Waals surface area contributed by atoms with E-state index in [-0.39, 0.29) is 36.6 Å². The molecule has 0 saturated heterocycles. The highest BCUT2D eigenvalue weighted by molar-refractivity contribution is 7.87. The predicted octanol–water partition coefficient (Wildman–Crippen LogP) is 2.67. The smallest absolute Gasteiger partial charge is 0.280 e. The van der Waals surface area contributed by atoms with Crippen LogP contribution in [0.2, 0.25) is 0 Å². The molecule has 184 valence electrons. The number of nitrogens with one attached hydrogen (secondary N) is 2. The molecule has 2 aromatic heterocycles. The van der Waals surface area contributed by atoms with Gasteiger partial charge in [-0.1, -0.05) is 6.07 Å². The lowest BCUT2D eigenvalue weighted by Gasteiger charge is -2.28. The summed E-state index contributed by atoms with van der Waals surface area (Å²) in [5.41, 5.74) is 1.65. The molecule has 2 aliphatic rings. The Morgan fingerprint density at radius 1 is 1.20 bits per heavy atom. The fourth-order valence-electron chi connectivity index (χ4n) is 4.04. The first-order valence-corrected chi connectivity index (χ1v) is 12.9. The Morgan fingerprint density at radius 2 is 2.00 bits per heavy atom. The van der Waals surface area contributed by atoms with Crippen LogP contribution in [0.15, 0.2) is 36.7 Å². The summed E-state index contributed by atoms with van der Waals surface area (Å²) in [6.45, 7) is 4.33. The summed E-state index contributed by atoms with van der Waals surface area (Å²) in [6.07, 6.45) is 3.66. The van der Waals surface area contributed by atoms with E-state index in [0.717, 1.165) is 12.8 Å². The molecule has 35 heavy (non-hydrogen) atoms. The number of nitrogens with zero attached hydrogens (tertiary/aromatic N) is 5. The van der Waals surface area contributed by atoms with Crippen molar-refractivity contribution in [3.05, 3.63) is 59.2 Å². The lowest BCUT2D eigenvalue weighted by atomic mass is 9.97. The van der Waals surface area contributed by atoms with Crippen molar-refractivity contribution in [2.24, 2.45) is 0 Å². The van der Waals surface area contributed by atoms with E-state index in [9.17, 15) is 17.6 Å². The highest BCUT2D eigenvalue weighted by Crippen LogP contribution is 2.27. The molecule has 0 atom stereocenters. The number of anilines is 1. The van der Waals surface area contributed by atoms with Crippen LogP contribution in [0, 0.1) is 5.82 Å². The zero-order chi connectivity index (χ0) is 24.7. The molecule has 12 heteroatoms. The molecule has 0 bridgehead atoms. The third-order valence-corrected chi connectivity index (χ3v) is 7.72. The maximum atomic E-state index is 14.8. The summed E-state index contributed by atoms with van der Waals surface area (Å²) in [6, 6.07) is 7.93. The minimum atomic E-state index is -3.62. The highest BCUT2D eigenvalue weighted by atomic mass is 32.2. The summed E-state index contributed by atoms with van der Waals surface area (Å²) in [4.78, 5) is 17.4. The van der Waals surface area contributed by atoms with Crippen molar-refractivity contribution in [3.8, 4) is 11.5 Å². The van der Waals surface area contributed by atoms with Gasteiger partial charge in [0.25, 0.3) is 16.1 Å². The fraction of sp³-hybridized carbons (Fsp3) is 0.391. The van der Waals surface area contributed by atoms with Crippen molar-refractivity contribution in [2.75, 3.05) is 11.9 Å². The fourth-order valence-corrected chi connectivity index (χ4v) is 5.48. The molecule has 5 rings (SSSR count). The number of carbonyl (C=O) groups is 1. The van der Waals surface area contributed by atoms with Crippen LogP contribution in [0.25, 0.3) is 11.5 Å². The number of benzene rings is 1. The van der Waals surface area contributed by atoms with Crippen molar-refractivity contribution < 1.29 is 17.6 Å². The molecule has 1 fully saturated rings. The van der Waals surface area contributed by atoms with Gasteiger partial charge in [-0.15, -0.1) is 10.2 Å². The molecule has 1 saturated carbocycles. The van der Waals surface area contributed by atoms with Crippen LogP contribution in [-0.4, -0.2) is 51.0 Å². The average molecular weight is 500 g/mol. The third-order valence-electron chi connectivity index (χ3n) is 6.09. The standard InChI is InChI=1S/C23H26FN7O3S/c1-14(2)31-13-25-28-22(31)20-4-3-5-21(26-20)27-23(32)18-10-16-12-30(9-8-15(16)11-19(18)24)35(33,34)29-17-6-7-17/h3-5,10-11,13-14,17,29H,6-9,12H2,1-2H3,(H,26,27,32). The second-order valence-corrected chi connectivity index (χ2v) is 10.8. The molecule has 1 amide bonds. The van der Waals surface area contributed by atoms with Gasteiger partial charge >= 0.3 is 0 Å². The normalized spacial score (nSPS) is 16.3. The lowest BCUT2D eigenvalue weighted by molar-refractivity contribution is 0.102. The second-order valence-electron chi connectivity index (χ2n) is 9.10. The topological polar surface area (TPSA) is 122 Å². The van der Waals surface area contributed by atoms with Crippen molar-refractivity contribution in [2.45, 2.75) is 51.7 Å². The summed E-state index contributed by atoms with van der Waals surface area (Å²) < 4.78 is 45.9. The van der Waals surface area contributed by atoms with Crippen molar-refractivity contribution in [1.82, 2.24) is 28.8 Å². The van der Waals surface area contributed by atoms with Gasteiger partial charge in [0.1, 0.15) is 23.7 Å². The van der Waals surface area contributed by atoms with Crippen LogP contribution < -0.4 is 10.0 Å². The van der Waals surface area contributed by atoms with E-state index in [4.69, 9.17) is 0 Å². The maximum Gasteiger partial charge on any atom is 0.280 e. The number of carbonyl (C=O) groups excluding carboxylic acids is 1. The van der Waals surface area contributed by atoms with E-state index in [1.54, 1.807) is 24.5 Å². The van der Waals surface area contributed by atoms with E-state index in [0.29, 0.717) is 29.1 Å². The number of fused-ring (bicyclic) bond motifs is 1. The Kier molecular flexibility index (Phi) is 6.11. The van der Waals surface area contributed by atoms with Gasteiger partial charge < -0.3 is 9.88 Å². The van der Waals surface area contributed by atoms with Crippen molar-refractivity contribution in [1.29, 1.82) is 0 Å². The quantitative estimate of drug-likeness (QED) is 0.515. The molecular formula is C23H26FN7O3S. The number of pyridine rings is 1. The van der Waals surface area contributed by atoms with E-state index >= 15 is 0 Å². The molecule has 3 heterocycles. The number of halogens is 1. The highest BCUT2D eigenvalue weighted by Gasteiger charge is 2.33. The molecular weight excluding hydrogens is 473 g/mol. The Bertz CT molecular complexity index is 1390. The number of hydrogen-bond donors (Lipinski definition) is 2. The van der Waals surface area contributed by atoms with Gasteiger partial charge in [0.05, 0.1) is 5.56 Å². The molecule has 2 N–H and O–H groups in total. The number of hydrogen-bond acceptors (Lipinski definition) is 6. The van der Waals surface area contributed by atoms with Crippen LogP contribution in [0.5, 0.6) is 0 Å². The van der Waals surface area contributed by atoms with Crippen LogP contribution in [-0.2, 0) is 23.2 Å². The molecule has 0 unspecified atom stereocenters.